The van der Waals surface area contributed by atoms with Gasteiger partial charge in [0.15, 0.2) is 5.76 Å². The fourth-order valence-electron chi connectivity index (χ4n) is 2.54. The van der Waals surface area contributed by atoms with Gasteiger partial charge < -0.3 is 19.4 Å². The summed E-state index contributed by atoms with van der Waals surface area (Å²) in [4.78, 5) is 18.3. The van der Waals surface area contributed by atoms with Gasteiger partial charge in [0, 0.05) is 19.7 Å². The molecule has 0 spiro atoms. The molecule has 8 nitrogen and oxygen atoms in total. The highest BCUT2D eigenvalue weighted by Crippen LogP contribution is 2.15. The molecule has 1 saturated heterocycles. The number of amides is 2. The Kier molecular flexibility index (Phi) is 5.14. The zero-order valence-electron chi connectivity index (χ0n) is 14.0. The molecule has 24 heavy (non-hydrogen) atoms. The van der Waals surface area contributed by atoms with E-state index in [2.05, 4.69) is 34.3 Å². The highest BCUT2D eigenvalue weighted by Gasteiger charge is 2.26. The Labute approximate surface area is 140 Å². The standard InChI is InChI=1S/C16H23N5O3/c1-11(2)10-24-12-5-6-21(9-12)16(22)17-8-14-18-15(20-19-14)13-4-3-7-23-13/h3-4,7,11-12H,5-6,8-10H2,1-2H3,(H,17,22)(H,18,19,20). The average Bonchev–Trinajstić information content (AvgIpc) is 3.31. The molecule has 130 valence electrons. The predicted octanol–water partition coefficient (Wildman–Crippen LogP) is 2.02. The Hall–Kier alpha value is -2.35. The highest BCUT2D eigenvalue weighted by atomic mass is 16.5. The summed E-state index contributed by atoms with van der Waals surface area (Å²) in [5.41, 5.74) is 0. The van der Waals surface area contributed by atoms with Crippen LogP contribution in [0.4, 0.5) is 4.79 Å². The molecular formula is C16H23N5O3. The minimum absolute atomic E-state index is 0.110. The number of carbonyl (C=O) groups is 1. The molecule has 2 aromatic rings. The maximum Gasteiger partial charge on any atom is 0.317 e. The normalized spacial score (nSPS) is 17.6. The Balaban J connectivity index is 1.44. The largest absolute Gasteiger partial charge is 0.461 e. The van der Waals surface area contributed by atoms with Crippen LogP contribution in [0.15, 0.2) is 22.8 Å². The number of nitrogens with zero attached hydrogens (tertiary/aromatic N) is 3. The van der Waals surface area contributed by atoms with E-state index in [0.717, 1.165) is 13.0 Å². The third kappa shape index (κ3) is 4.14. The van der Waals surface area contributed by atoms with Crippen LogP contribution in [0.5, 0.6) is 0 Å². The van der Waals surface area contributed by atoms with Gasteiger partial charge in [0.05, 0.1) is 18.9 Å². The first-order valence-corrected chi connectivity index (χ1v) is 8.21. The number of aromatic amines is 1. The summed E-state index contributed by atoms with van der Waals surface area (Å²) in [6.07, 6.45) is 2.58. The molecular weight excluding hydrogens is 310 g/mol. The number of urea groups is 1. The first kappa shape index (κ1) is 16.5. The van der Waals surface area contributed by atoms with E-state index < -0.39 is 0 Å². The van der Waals surface area contributed by atoms with Gasteiger partial charge in [-0.2, -0.15) is 0 Å². The van der Waals surface area contributed by atoms with Gasteiger partial charge in [0.1, 0.15) is 5.82 Å². The molecule has 3 rings (SSSR count). The lowest BCUT2D eigenvalue weighted by molar-refractivity contribution is 0.0436. The van der Waals surface area contributed by atoms with Crippen LogP contribution in [0.2, 0.25) is 0 Å². The summed E-state index contributed by atoms with van der Waals surface area (Å²) < 4.78 is 11.0. The summed E-state index contributed by atoms with van der Waals surface area (Å²) in [5.74, 6) is 2.16. The van der Waals surface area contributed by atoms with Crippen LogP contribution < -0.4 is 5.32 Å². The minimum Gasteiger partial charge on any atom is -0.461 e. The fourth-order valence-corrected chi connectivity index (χ4v) is 2.54. The number of furan rings is 1. The first-order valence-electron chi connectivity index (χ1n) is 8.21. The summed E-state index contributed by atoms with van der Waals surface area (Å²) in [7, 11) is 0. The lowest BCUT2D eigenvalue weighted by Crippen LogP contribution is -2.39. The monoisotopic (exact) mass is 333 g/mol. The zero-order chi connectivity index (χ0) is 16.9. The van der Waals surface area contributed by atoms with E-state index in [1.807, 2.05) is 0 Å². The molecule has 8 heteroatoms. The van der Waals surface area contributed by atoms with Crippen LogP contribution in [-0.2, 0) is 11.3 Å². The van der Waals surface area contributed by atoms with Crippen molar-refractivity contribution in [3.8, 4) is 11.6 Å². The minimum atomic E-state index is -0.110. The predicted molar refractivity (Wildman–Crippen MR) is 87.1 cm³/mol. The van der Waals surface area contributed by atoms with Gasteiger partial charge >= 0.3 is 6.03 Å². The lowest BCUT2D eigenvalue weighted by atomic mass is 10.2. The summed E-state index contributed by atoms with van der Waals surface area (Å²) in [5, 5.41) is 9.73. The summed E-state index contributed by atoms with van der Waals surface area (Å²) >= 11 is 0. The Morgan fingerprint density at radius 1 is 1.58 bits per heavy atom. The van der Waals surface area contributed by atoms with Gasteiger partial charge in [-0.25, -0.2) is 9.78 Å². The van der Waals surface area contributed by atoms with E-state index >= 15 is 0 Å². The van der Waals surface area contributed by atoms with Crippen molar-refractivity contribution in [2.45, 2.75) is 32.9 Å². The Morgan fingerprint density at radius 2 is 2.46 bits per heavy atom. The maximum atomic E-state index is 12.2. The first-order chi connectivity index (χ1) is 11.6. The molecule has 1 aliphatic heterocycles. The second-order valence-corrected chi connectivity index (χ2v) is 6.33. The Bertz CT molecular complexity index is 652. The van der Waals surface area contributed by atoms with Gasteiger partial charge in [-0.1, -0.05) is 13.8 Å². The third-order valence-electron chi connectivity index (χ3n) is 3.78. The number of nitrogens with one attached hydrogen (secondary N) is 2. The maximum absolute atomic E-state index is 12.2. The van der Waals surface area contributed by atoms with Crippen molar-refractivity contribution in [1.82, 2.24) is 25.4 Å². The SMILES string of the molecule is CC(C)COC1CCN(C(=O)NCc2nc(-c3ccco3)n[nH]2)C1. The van der Waals surface area contributed by atoms with E-state index in [1.54, 1.807) is 23.3 Å². The van der Waals surface area contributed by atoms with Crippen molar-refractivity contribution in [2.24, 2.45) is 5.92 Å². The van der Waals surface area contributed by atoms with Crippen molar-refractivity contribution in [3.05, 3.63) is 24.2 Å². The summed E-state index contributed by atoms with van der Waals surface area (Å²) in [6, 6.07) is 3.45. The molecule has 2 amide bonds. The number of hydrogen-bond donors (Lipinski definition) is 2. The van der Waals surface area contributed by atoms with Gasteiger partial charge in [-0.3, -0.25) is 5.10 Å². The molecule has 0 radical (unpaired) electrons. The van der Waals surface area contributed by atoms with E-state index in [4.69, 9.17) is 9.15 Å². The molecule has 1 fully saturated rings. The number of hydrogen-bond acceptors (Lipinski definition) is 5. The van der Waals surface area contributed by atoms with Gasteiger partial charge in [0.25, 0.3) is 0 Å². The number of likely N-dealkylation sites (tertiary alicyclic amines) is 1. The number of ether oxygens (including phenoxy) is 1. The smallest absolute Gasteiger partial charge is 0.317 e. The number of H-pyrrole nitrogens is 1. The van der Waals surface area contributed by atoms with Crippen LogP contribution in [0.25, 0.3) is 11.6 Å². The Morgan fingerprint density at radius 3 is 3.21 bits per heavy atom. The summed E-state index contributed by atoms with van der Waals surface area (Å²) in [6.45, 7) is 6.60. The van der Waals surface area contributed by atoms with Crippen molar-refractivity contribution < 1.29 is 13.9 Å². The molecule has 0 saturated carbocycles. The average molecular weight is 333 g/mol. The van der Waals surface area contributed by atoms with Crippen LogP contribution in [0, 0.1) is 5.92 Å². The fraction of sp³-hybridized carbons (Fsp3) is 0.562. The zero-order valence-corrected chi connectivity index (χ0v) is 14.0. The molecule has 0 aromatic carbocycles. The van der Waals surface area contributed by atoms with Gasteiger partial charge in [-0.15, -0.1) is 5.10 Å². The molecule has 1 atom stereocenters. The number of rotatable bonds is 6. The third-order valence-corrected chi connectivity index (χ3v) is 3.78. The number of carbonyl (C=O) groups excluding carboxylic acids is 1. The number of aromatic nitrogens is 3. The van der Waals surface area contributed by atoms with E-state index in [1.165, 1.54) is 0 Å². The van der Waals surface area contributed by atoms with Crippen LogP contribution in [0.3, 0.4) is 0 Å². The highest BCUT2D eigenvalue weighted by molar-refractivity contribution is 5.74. The van der Waals surface area contributed by atoms with Crippen molar-refractivity contribution >= 4 is 6.03 Å². The quantitative estimate of drug-likeness (QED) is 0.843. The van der Waals surface area contributed by atoms with Crippen molar-refractivity contribution in [2.75, 3.05) is 19.7 Å². The second-order valence-electron chi connectivity index (χ2n) is 6.33. The van der Waals surface area contributed by atoms with Crippen molar-refractivity contribution in [1.29, 1.82) is 0 Å². The van der Waals surface area contributed by atoms with Gasteiger partial charge in [-0.05, 0) is 24.5 Å². The van der Waals surface area contributed by atoms with E-state index in [9.17, 15) is 4.79 Å². The molecule has 1 unspecified atom stereocenters. The molecule has 1 aliphatic rings. The molecule has 2 N–H and O–H groups in total. The van der Waals surface area contributed by atoms with Crippen molar-refractivity contribution in [3.63, 3.8) is 0 Å². The lowest BCUT2D eigenvalue weighted by Gasteiger charge is -2.17. The van der Waals surface area contributed by atoms with E-state index in [-0.39, 0.29) is 12.1 Å². The van der Waals surface area contributed by atoms with Crippen LogP contribution >= 0.6 is 0 Å². The van der Waals surface area contributed by atoms with Crippen LogP contribution in [0.1, 0.15) is 26.1 Å². The topological polar surface area (TPSA) is 96.3 Å². The molecule has 0 aliphatic carbocycles. The molecule has 0 bridgehead atoms. The van der Waals surface area contributed by atoms with Gasteiger partial charge in [0.2, 0.25) is 5.82 Å². The molecule has 2 aromatic heterocycles. The second kappa shape index (κ2) is 7.48. The van der Waals surface area contributed by atoms with Crippen LogP contribution in [-0.4, -0.2) is 51.9 Å². The van der Waals surface area contributed by atoms with E-state index in [0.29, 0.717) is 43.0 Å². The molecule has 3 heterocycles.